The van der Waals surface area contributed by atoms with Crippen molar-refractivity contribution in [3.8, 4) is 17.1 Å². The molecular weight excluding hydrogens is 382 g/mol. The van der Waals surface area contributed by atoms with Gasteiger partial charge in [-0.25, -0.2) is 4.98 Å². The minimum absolute atomic E-state index is 0.141. The molecule has 9 heteroatoms. The highest BCUT2D eigenvalue weighted by atomic mass is 32.2. The number of rotatable bonds is 5. The highest BCUT2D eigenvalue weighted by molar-refractivity contribution is 7.99. The van der Waals surface area contributed by atoms with Crippen molar-refractivity contribution in [2.24, 2.45) is 7.05 Å². The standard InChI is InChI=1S/C18H15N5O2S2/c1-23-16(13-8-11-4-2-3-5-12(11)9-14(13)24)21-22-18(23)27-10-15(25)20-17-19-6-7-26-17/h2-9,24H,10H2,1H3,(H,19,20,25). The molecule has 2 aromatic carbocycles. The van der Waals surface area contributed by atoms with Gasteiger partial charge in [-0.3, -0.25) is 4.79 Å². The molecule has 7 nitrogen and oxygen atoms in total. The third kappa shape index (κ3) is 3.64. The van der Waals surface area contributed by atoms with Crippen LogP contribution >= 0.6 is 23.1 Å². The van der Waals surface area contributed by atoms with Crippen LogP contribution in [0.5, 0.6) is 5.75 Å². The topological polar surface area (TPSA) is 92.9 Å². The number of hydrogen-bond acceptors (Lipinski definition) is 7. The Bertz CT molecular complexity index is 1110. The molecule has 0 saturated carbocycles. The second-order valence-electron chi connectivity index (χ2n) is 5.76. The number of aromatic hydroxyl groups is 1. The van der Waals surface area contributed by atoms with Crippen LogP contribution in [0.15, 0.2) is 53.1 Å². The zero-order valence-electron chi connectivity index (χ0n) is 14.3. The maximum absolute atomic E-state index is 12.0. The van der Waals surface area contributed by atoms with E-state index in [1.165, 1.54) is 23.1 Å². The minimum Gasteiger partial charge on any atom is -0.507 e. The van der Waals surface area contributed by atoms with Crippen molar-refractivity contribution >= 4 is 44.9 Å². The Morgan fingerprint density at radius 3 is 2.78 bits per heavy atom. The van der Waals surface area contributed by atoms with Gasteiger partial charge in [0, 0.05) is 18.6 Å². The highest BCUT2D eigenvalue weighted by Crippen LogP contribution is 2.33. The van der Waals surface area contributed by atoms with Crippen LogP contribution in [0.1, 0.15) is 0 Å². The van der Waals surface area contributed by atoms with E-state index in [-0.39, 0.29) is 17.4 Å². The predicted molar refractivity (Wildman–Crippen MR) is 107 cm³/mol. The van der Waals surface area contributed by atoms with Gasteiger partial charge in [-0.05, 0) is 22.9 Å². The Balaban J connectivity index is 1.54. The van der Waals surface area contributed by atoms with E-state index in [1.807, 2.05) is 37.4 Å². The molecule has 4 aromatic rings. The molecule has 1 amide bonds. The summed E-state index contributed by atoms with van der Waals surface area (Å²) < 4.78 is 1.77. The van der Waals surface area contributed by atoms with Crippen LogP contribution in [0.25, 0.3) is 22.2 Å². The molecule has 0 saturated heterocycles. The molecule has 0 aliphatic carbocycles. The number of amides is 1. The summed E-state index contributed by atoms with van der Waals surface area (Å²) in [5, 5.41) is 26.4. The average molecular weight is 397 g/mol. The van der Waals surface area contributed by atoms with E-state index in [2.05, 4.69) is 20.5 Å². The van der Waals surface area contributed by atoms with E-state index in [9.17, 15) is 9.90 Å². The molecule has 0 atom stereocenters. The lowest BCUT2D eigenvalue weighted by Crippen LogP contribution is -2.14. The van der Waals surface area contributed by atoms with Gasteiger partial charge < -0.3 is 15.0 Å². The number of hydrogen-bond donors (Lipinski definition) is 2. The van der Waals surface area contributed by atoms with Gasteiger partial charge in [-0.2, -0.15) is 0 Å². The fourth-order valence-corrected chi connectivity index (χ4v) is 3.91. The number of thioether (sulfide) groups is 1. The van der Waals surface area contributed by atoms with Crippen LogP contribution in [0.2, 0.25) is 0 Å². The van der Waals surface area contributed by atoms with Crippen molar-refractivity contribution < 1.29 is 9.90 Å². The van der Waals surface area contributed by atoms with Gasteiger partial charge in [-0.1, -0.05) is 36.0 Å². The first kappa shape index (κ1) is 17.5. The van der Waals surface area contributed by atoms with Gasteiger partial charge in [0.1, 0.15) is 5.75 Å². The second-order valence-corrected chi connectivity index (χ2v) is 7.59. The zero-order chi connectivity index (χ0) is 18.8. The molecular formula is C18H15N5O2S2. The van der Waals surface area contributed by atoms with Crippen molar-refractivity contribution in [3.05, 3.63) is 48.0 Å². The van der Waals surface area contributed by atoms with Crippen molar-refractivity contribution in [2.75, 3.05) is 11.1 Å². The van der Waals surface area contributed by atoms with Crippen LogP contribution in [-0.4, -0.2) is 36.5 Å². The third-order valence-electron chi connectivity index (χ3n) is 3.95. The van der Waals surface area contributed by atoms with Crippen LogP contribution in [-0.2, 0) is 11.8 Å². The Kier molecular flexibility index (Phi) is 4.78. The molecule has 0 aliphatic heterocycles. The normalized spacial score (nSPS) is 11.0. The molecule has 27 heavy (non-hydrogen) atoms. The monoisotopic (exact) mass is 397 g/mol. The maximum Gasteiger partial charge on any atom is 0.236 e. The van der Waals surface area contributed by atoms with E-state index in [1.54, 1.807) is 22.2 Å². The minimum atomic E-state index is -0.159. The molecule has 0 unspecified atom stereocenters. The van der Waals surface area contributed by atoms with Gasteiger partial charge >= 0.3 is 0 Å². The molecule has 0 radical (unpaired) electrons. The lowest BCUT2D eigenvalue weighted by Gasteiger charge is -2.07. The van der Waals surface area contributed by atoms with Crippen molar-refractivity contribution in [1.29, 1.82) is 0 Å². The molecule has 0 fully saturated rings. The smallest absolute Gasteiger partial charge is 0.236 e. The first-order valence-electron chi connectivity index (χ1n) is 8.05. The largest absolute Gasteiger partial charge is 0.507 e. The number of phenolic OH excluding ortho intramolecular Hbond substituents is 1. The molecule has 0 aliphatic rings. The molecule has 0 bridgehead atoms. The van der Waals surface area contributed by atoms with E-state index in [0.29, 0.717) is 21.7 Å². The summed E-state index contributed by atoms with van der Waals surface area (Å²) in [6, 6.07) is 11.4. The van der Waals surface area contributed by atoms with Crippen LogP contribution in [0.4, 0.5) is 5.13 Å². The Morgan fingerprint density at radius 2 is 2.04 bits per heavy atom. The van der Waals surface area contributed by atoms with E-state index >= 15 is 0 Å². The van der Waals surface area contributed by atoms with Crippen molar-refractivity contribution in [3.63, 3.8) is 0 Å². The van der Waals surface area contributed by atoms with Gasteiger partial charge in [0.25, 0.3) is 0 Å². The quantitative estimate of drug-likeness (QED) is 0.501. The molecule has 2 N–H and O–H groups in total. The summed E-state index contributed by atoms with van der Waals surface area (Å²) in [6.07, 6.45) is 1.64. The zero-order valence-corrected chi connectivity index (χ0v) is 15.9. The SMILES string of the molecule is Cn1c(SCC(=O)Nc2nccs2)nnc1-c1cc2ccccc2cc1O. The van der Waals surface area contributed by atoms with E-state index in [0.717, 1.165) is 10.8 Å². The number of aromatic nitrogens is 4. The third-order valence-corrected chi connectivity index (χ3v) is 5.66. The molecule has 2 aromatic heterocycles. The van der Waals surface area contributed by atoms with Crippen LogP contribution in [0, 0.1) is 0 Å². The Labute approximate surface area is 163 Å². The molecule has 4 rings (SSSR count). The predicted octanol–water partition coefficient (Wildman–Crippen LogP) is 3.53. The number of phenols is 1. The van der Waals surface area contributed by atoms with E-state index in [4.69, 9.17) is 0 Å². The number of thiazole rings is 1. The van der Waals surface area contributed by atoms with Gasteiger partial charge in [0.15, 0.2) is 16.1 Å². The summed E-state index contributed by atoms with van der Waals surface area (Å²) in [7, 11) is 1.81. The highest BCUT2D eigenvalue weighted by Gasteiger charge is 2.16. The number of nitrogens with zero attached hydrogens (tertiary/aromatic N) is 4. The fraction of sp³-hybridized carbons (Fsp3) is 0.111. The number of benzene rings is 2. The maximum atomic E-state index is 12.0. The van der Waals surface area contributed by atoms with E-state index < -0.39 is 0 Å². The van der Waals surface area contributed by atoms with Crippen molar-refractivity contribution in [1.82, 2.24) is 19.7 Å². The summed E-state index contributed by atoms with van der Waals surface area (Å²) in [5.41, 5.74) is 0.600. The number of nitrogens with one attached hydrogen (secondary N) is 1. The van der Waals surface area contributed by atoms with Crippen molar-refractivity contribution in [2.45, 2.75) is 5.16 Å². The summed E-state index contributed by atoms with van der Waals surface area (Å²) in [4.78, 5) is 16.0. The lowest BCUT2D eigenvalue weighted by atomic mass is 10.1. The summed E-state index contributed by atoms with van der Waals surface area (Å²) in [5.74, 6) is 0.714. The fourth-order valence-electron chi connectivity index (χ4n) is 2.65. The molecule has 2 heterocycles. The second kappa shape index (κ2) is 7.37. The van der Waals surface area contributed by atoms with Crippen LogP contribution < -0.4 is 5.32 Å². The number of carbonyl (C=O) groups excluding carboxylic acids is 1. The number of anilines is 1. The first-order valence-corrected chi connectivity index (χ1v) is 9.92. The summed E-state index contributed by atoms with van der Waals surface area (Å²) >= 11 is 2.64. The molecule has 136 valence electrons. The van der Waals surface area contributed by atoms with Gasteiger partial charge in [0.05, 0.1) is 11.3 Å². The van der Waals surface area contributed by atoms with Gasteiger partial charge in [0.2, 0.25) is 5.91 Å². The average Bonchev–Trinajstić information content (AvgIpc) is 3.29. The Hall–Kier alpha value is -2.91. The Morgan fingerprint density at radius 1 is 1.26 bits per heavy atom. The molecule has 0 spiro atoms. The van der Waals surface area contributed by atoms with Gasteiger partial charge in [-0.15, -0.1) is 21.5 Å². The summed E-state index contributed by atoms with van der Waals surface area (Å²) in [6.45, 7) is 0. The first-order chi connectivity index (χ1) is 13.1. The lowest BCUT2D eigenvalue weighted by molar-refractivity contribution is -0.113. The number of fused-ring (bicyclic) bond motifs is 1. The van der Waals surface area contributed by atoms with Crippen LogP contribution in [0.3, 0.4) is 0 Å². The number of carbonyl (C=O) groups is 1.